The number of benzene rings is 2. The molecule has 0 aliphatic rings. The SMILES string of the molecule is FC(F)(F)c1ccc(Cn2cccc2-c2ccccc2)cc1. The molecule has 0 unspecified atom stereocenters. The van der Waals surface area contributed by atoms with Crippen molar-refractivity contribution >= 4 is 0 Å². The predicted octanol–water partition coefficient (Wildman–Crippen LogP) is 5.22. The van der Waals surface area contributed by atoms with Crippen LogP contribution in [0.5, 0.6) is 0 Å². The lowest BCUT2D eigenvalue weighted by Crippen LogP contribution is -2.05. The summed E-state index contributed by atoms with van der Waals surface area (Å²) in [6.45, 7) is 0.537. The fourth-order valence-corrected chi connectivity index (χ4v) is 2.42. The number of hydrogen-bond donors (Lipinski definition) is 0. The smallest absolute Gasteiger partial charge is 0.343 e. The molecular formula is C18H14F3N. The third kappa shape index (κ3) is 3.06. The Bertz CT molecular complexity index is 740. The summed E-state index contributed by atoms with van der Waals surface area (Å²) in [5.41, 5.74) is 2.34. The summed E-state index contributed by atoms with van der Waals surface area (Å²) in [6.07, 6.45) is -2.36. The highest BCUT2D eigenvalue weighted by molar-refractivity contribution is 5.60. The van der Waals surface area contributed by atoms with Gasteiger partial charge in [-0.2, -0.15) is 13.2 Å². The minimum absolute atomic E-state index is 0.537. The lowest BCUT2D eigenvalue weighted by molar-refractivity contribution is -0.137. The number of halogens is 3. The molecule has 0 atom stereocenters. The molecule has 1 nitrogen and oxygen atoms in total. The van der Waals surface area contributed by atoms with Gasteiger partial charge in [0.05, 0.1) is 5.56 Å². The zero-order valence-corrected chi connectivity index (χ0v) is 11.7. The van der Waals surface area contributed by atoms with E-state index in [-0.39, 0.29) is 0 Å². The van der Waals surface area contributed by atoms with Gasteiger partial charge in [0.15, 0.2) is 0 Å². The molecular weight excluding hydrogens is 287 g/mol. The third-order valence-electron chi connectivity index (χ3n) is 3.53. The van der Waals surface area contributed by atoms with Gasteiger partial charge in [0.25, 0.3) is 0 Å². The molecule has 3 aromatic rings. The number of rotatable bonds is 3. The molecule has 0 N–H and O–H groups in total. The van der Waals surface area contributed by atoms with Gasteiger partial charge in [-0.05, 0) is 35.4 Å². The van der Waals surface area contributed by atoms with Crippen molar-refractivity contribution in [2.45, 2.75) is 12.7 Å². The zero-order chi connectivity index (χ0) is 15.6. The first-order valence-corrected chi connectivity index (χ1v) is 6.91. The lowest BCUT2D eigenvalue weighted by atomic mass is 10.1. The van der Waals surface area contributed by atoms with E-state index in [1.165, 1.54) is 12.1 Å². The first-order valence-electron chi connectivity index (χ1n) is 6.91. The maximum atomic E-state index is 12.6. The molecule has 4 heteroatoms. The van der Waals surface area contributed by atoms with Crippen LogP contribution in [0, 0.1) is 0 Å². The lowest BCUT2D eigenvalue weighted by Gasteiger charge is -2.11. The summed E-state index contributed by atoms with van der Waals surface area (Å²) in [7, 11) is 0. The van der Waals surface area contributed by atoms with Crippen LogP contribution in [-0.4, -0.2) is 4.57 Å². The zero-order valence-electron chi connectivity index (χ0n) is 11.7. The van der Waals surface area contributed by atoms with Crippen LogP contribution in [0.2, 0.25) is 0 Å². The average molecular weight is 301 g/mol. The molecule has 3 rings (SSSR count). The van der Waals surface area contributed by atoms with E-state index in [4.69, 9.17) is 0 Å². The summed E-state index contributed by atoms with van der Waals surface area (Å²) in [5.74, 6) is 0. The maximum Gasteiger partial charge on any atom is 0.416 e. The van der Waals surface area contributed by atoms with E-state index in [2.05, 4.69) is 0 Å². The van der Waals surface area contributed by atoms with Crippen LogP contribution in [0.1, 0.15) is 11.1 Å². The summed E-state index contributed by atoms with van der Waals surface area (Å²) >= 11 is 0. The second kappa shape index (κ2) is 5.72. The number of alkyl halides is 3. The van der Waals surface area contributed by atoms with Gasteiger partial charge in [0.1, 0.15) is 0 Å². The van der Waals surface area contributed by atoms with Gasteiger partial charge in [-0.15, -0.1) is 0 Å². The van der Waals surface area contributed by atoms with Crippen LogP contribution in [0.3, 0.4) is 0 Å². The second-order valence-electron chi connectivity index (χ2n) is 5.08. The molecule has 112 valence electrons. The van der Waals surface area contributed by atoms with Crippen LogP contribution < -0.4 is 0 Å². The molecule has 0 saturated heterocycles. The number of aromatic nitrogens is 1. The first-order chi connectivity index (χ1) is 10.5. The van der Waals surface area contributed by atoms with E-state index in [0.717, 1.165) is 29.0 Å². The van der Waals surface area contributed by atoms with Gasteiger partial charge in [0, 0.05) is 18.4 Å². The van der Waals surface area contributed by atoms with Crippen molar-refractivity contribution in [3.63, 3.8) is 0 Å². The van der Waals surface area contributed by atoms with Gasteiger partial charge < -0.3 is 4.57 Å². The normalized spacial score (nSPS) is 11.6. The first kappa shape index (κ1) is 14.4. The highest BCUT2D eigenvalue weighted by Crippen LogP contribution is 2.29. The molecule has 0 radical (unpaired) electrons. The Labute approximate surface area is 126 Å². The van der Waals surface area contributed by atoms with Crippen molar-refractivity contribution in [1.29, 1.82) is 0 Å². The second-order valence-corrected chi connectivity index (χ2v) is 5.08. The minimum Gasteiger partial charge on any atom is -0.343 e. The molecule has 1 aromatic heterocycles. The van der Waals surface area contributed by atoms with Gasteiger partial charge in [-0.3, -0.25) is 0 Å². The van der Waals surface area contributed by atoms with E-state index in [1.807, 2.05) is 53.2 Å². The fourth-order valence-electron chi connectivity index (χ4n) is 2.42. The molecule has 0 amide bonds. The van der Waals surface area contributed by atoms with Gasteiger partial charge in [0.2, 0.25) is 0 Å². The number of nitrogens with zero attached hydrogens (tertiary/aromatic N) is 1. The highest BCUT2D eigenvalue weighted by Gasteiger charge is 2.29. The van der Waals surface area contributed by atoms with E-state index in [0.29, 0.717) is 6.54 Å². The largest absolute Gasteiger partial charge is 0.416 e. The summed E-state index contributed by atoms with van der Waals surface area (Å²) in [4.78, 5) is 0. The molecule has 0 bridgehead atoms. The van der Waals surface area contributed by atoms with Gasteiger partial charge in [-0.1, -0.05) is 42.5 Å². The third-order valence-corrected chi connectivity index (χ3v) is 3.53. The molecule has 0 saturated carbocycles. The van der Waals surface area contributed by atoms with Crippen molar-refractivity contribution in [2.24, 2.45) is 0 Å². The van der Waals surface area contributed by atoms with Crippen molar-refractivity contribution in [2.75, 3.05) is 0 Å². The van der Waals surface area contributed by atoms with Crippen LogP contribution >= 0.6 is 0 Å². The fraction of sp³-hybridized carbons (Fsp3) is 0.111. The van der Waals surface area contributed by atoms with Crippen molar-refractivity contribution in [3.05, 3.63) is 84.1 Å². The Morgan fingerprint density at radius 1 is 0.773 bits per heavy atom. The molecule has 0 aliphatic carbocycles. The van der Waals surface area contributed by atoms with Crippen LogP contribution in [-0.2, 0) is 12.7 Å². The van der Waals surface area contributed by atoms with E-state index in [9.17, 15) is 13.2 Å². The van der Waals surface area contributed by atoms with Crippen LogP contribution in [0.25, 0.3) is 11.3 Å². The van der Waals surface area contributed by atoms with Gasteiger partial charge in [-0.25, -0.2) is 0 Å². The van der Waals surface area contributed by atoms with Gasteiger partial charge >= 0.3 is 6.18 Å². The predicted molar refractivity (Wildman–Crippen MR) is 80.4 cm³/mol. The van der Waals surface area contributed by atoms with Crippen LogP contribution in [0.4, 0.5) is 13.2 Å². The Balaban J connectivity index is 1.84. The van der Waals surface area contributed by atoms with Crippen molar-refractivity contribution in [3.8, 4) is 11.3 Å². The van der Waals surface area contributed by atoms with Crippen LogP contribution in [0.15, 0.2) is 72.9 Å². The maximum absolute atomic E-state index is 12.6. The summed E-state index contributed by atoms with van der Waals surface area (Å²) < 4.78 is 39.8. The highest BCUT2D eigenvalue weighted by atomic mass is 19.4. The minimum atomic E-state index is -4.29. The Kier molecular flexibility index (Phi) is 3.75. The summed E-state index contributed by atoms with van der Waals surface area (Å²) in [5, 5.41) is 0. The Morgan fingerprint density at radius 2 is 1.45 bits per heavy atom. The molecule has 0 fully saturated rings. The quantitative estimate of drug-likeness (QED) is 0.625. The standard InChI is InChI=1S/C18H14F3N/c19-18(20,21)16-10-8-14(9-11-16)13-22-12-4-7-17(22)15-5-2-1-3-6-15/h1-12H,13H2. The van der Waals surface area contributed by atoms with E-state index < -0.39 is 11.7 Å². The molecule has 0 spiro atoms. The molecule has 1 heterocycles. The van der Waals surface area contributed by atoms with E-state index in [1.54, 1.807) is 0 Å². The Morgan fingerprint density at radius 3 is 2.09 bits per heavy atom. The molecule has 0 aliphatic heterocycles. The average Bonchev–Trinajstić information content (AvgIpc) is 2.96. The van der Waals surface area contributed by atoms with Crippen molar-refractivity contribution < 1.29 is 13.2 Å². The topological polar surface area (TPSA) is 4.93 Å². The van der Waals surface area contributed by atoms with Crippen molar-refractivity contribution in [1.82, 2.24) is 4.57 Å². The number of hydrogen-bond acceptors (Lipinski definition) is 0. The molecule has 2 aromatic carbocycles. The molecule has 22 heavy (non-hydrogen) atoms. The monoisotopic (exact) mass is 301 g/mol. The van der Waals surface area contributed by atoms with E-state index >= 15 is 0 Å². The summed E-state index contributed by atoms with van der Waals surface area (Å²) in [6, 6.07) is 19.1. The Hall–Kier alpha value is -2.49.